The van der Waals surface area contributed by atoms with Crippen molar-refractivity contribution in [2.75, 3.05) is 0 Å². The van der Waals surface area contributed by atoms with Crippen molar-refractivity contribution in [2.45, 2.75) is 11.5 Å². The average Bonchev–Trinajstić information content (AvgIpc) is 2.30. The van der Waals surface area contributed by atoms with Crippen LogP contribution in [0.5, 0.6) is 0 Å². The van der Waals surface area contributed by atoms with Crippen LogP contribution in [0.3, 0.4) is 0 Å². The maximum atomic E-state index is 5.02. The Balaban J connectivity index is 3.08. The summed E-state index contributed by atoms with van der Waals surface area (Å²) in [5, 5.41) is 0. The molecule has 0 saturated carbocycles. The van der Waals surface area contributed by atoms with E-state index in [-0.39, 0.29) is 0 Å². The molecule has 0 radical (unpaired) electrons. The van der Waals surface area contributed by atoms with Crippen LogP contribution in [-0.4, -0.2) is 0 Å². The first-order valence-corrected chi connectivity index (χ1v) is 5.92. The molecule has 5 heteroatoms. The molecular weight excluding hydrogens is 220 g/mol. The van der Waals surface area contributed by atoms with Gasteiger partial charge in [-0.25, -0.2) is 0 Å². The van der Waals surface area contributed by atoms with Crippen LogP contribution in [-0.2, 0) is 11.5 Å². The first kappa shape index (κ1) is 9.06. The Hall–Kier alpha value is 0.970. The van der Waals surface area contributed by atoms with Gasteiger partial charge in [-0.05, 0) is 0 Å². The van der Waals surface area contributed by atoms with Gasteiger partial charge in [-0.15, -0.1) is 22.7 Å². The molecule has 0 nitrogen and oxygen atoms in total. The van der Waals surface area contributed by atoms with E-state index < -0.39 is 0 Å². The molecule has 0 aromatic carbocycles. The molecule has 0 aliphatic carbocycles. The third-order valence-electron chi connectivity index (χ3n) is 1.01. The van der Waals surface area contributed by atoms with Gasteiger partial charge >= 0.3 is 0 Å². The van der Waals surface area contributed by atoms with Crippen LogP contribution < -0.4 is 0 Å². The van der Waals surface area contributed by atoms with Crippen LogP contribution in [0.1, 0.15) is 9.75 Å². The van der Waals surface area contributed by atoms with E-state index in [2.05, 4.69) is 25.3 Å². The predicted molar refractivity (Wildman–Crippen MR) is 58.4 cm³/mol. The first-order chi connectivity index (χ1) is 4.77. The molecule has 1 aromatic heterocycles. The Morgan fingerprint density at radius 2 is 1.50 bits per heavy atom. The number of rotatable bonds is 2. The lowest BCUT2D eigenvalue weighted by atomic mass is 10.5. The van der Waals surface area contributed by atoms with Gasteiger partial charge in [0.25, 0.3) is 0 Å². The Kier molecular flexibility index (Phi) is 3.72. The quantitative estimate of drug-likeness (QED) is 0.576. The smallest absolute Gasteiger partial charge is 0.144 e. The first-order valence-electron chi connectivity index (χ1n) is 2.61. The second-order valence-corrected chi connectivity index (χ2v) is 5.64. The van der Waals surface area contributed by atoms with E-state index >= 15 is 0 Å². The molecule has 0 atom stereocenters. The summed E-state index contributed by atoms with van der Waals surface area (Å²) >= 11 is 16.7. The zero-order chi connectivity index (χ0) is 7.56. The van der Waals surface area contributed by atoms with Crippen LogP contribution >= 0.6 is 60.1 Å². The van der Waals surface area contributed by atoms with Crippen LogP contribution in [0.25, 0.3) is 0 Å². The molecular formula is C5H6S5. The highest BCUT2D eigenvalue weighted by molar-refractivity contribution is 7.80. The number of thiol groups is 2. The molecule has 0 aliphatic rings. The lowest BCUT2D eigenvalue weighted by Crippen LogP contribution is -1.74. The maximum absolute atomic E-state index is 5.02. The standard InChI is InChI=1S/C5H6S5/c6-1-3-4(2-7)10-5(8)9-3/h6-7H,1-2H2. The molecule has 1 heterocycles. The summed E-state index contributed by atoms with van der Waals surface area (Å²) in [7, 11) is 0. The molecule has 0 amide bonds. The Labute approximate surface area is 84.1 Å². The van der Waals surface area contributed by atoms with Crippen molar-refractivity contribution in [3.05, 3.63) is 12.9 Å². The molecule has 0 saturated heterocycles. The summed E-state index contributed by atoms with van der Waals surface area (Å²) in [5.41, 5.74) is 0. The van der Waals surface area contributed by atoms with Gasteiger partial charge in [0, 0.05) is 21.3 Å². The molecule has 0 bridgehead atoms. The fraction of sp³-hybridized carbons (Fsp3) is 0.400. The van der Waals surface area contributed by atoms with Crippen LogP contribution in [0.15, 0.2) is 0 Å². The molecule has 56 valence electrons. The Morgan fingerprint density at radius 3 is 1.80 bits per heavy atom. The predicted octanol–water partition coefficient (Wildman–Crippen LogP) is 3.40. The summed E-state index contributed by atoms with van der Waals surface area (Å²) in [4.78, 5) is 2.54. The van der Waals surface area contributed by atoms with Gasteiger partial charge in [-0.3, -0.25) is 0 Å². The van der Waals surface area contributed by atoms with Gasteiger partial charge in [0.05, 0.1) is 0 Å². The molecule has 1 aromatic rings. The molecule has 0 fully saturated rings. The van der Waals surface area contributed by atoms with Gasteiger partial charge in [-0.2, -0.15) is 25.3 Å². The SMILES string of the molecule is S=c1sc(CS)c(CS)s1. The summed E-state index contributed by atoms with van der Waals surface area (Å²) < 4.78 is 0.980. The zero-order valence-corrected chi connectivity index (χ0v) is 9.27. The van der Waals surface area contributed by atoms with E-state index in [1.807, 2.05) is 0 Å². The third kappa shape index (κ3) is 1.98. The average molecular weight is 226 g/mol. The molecule has 10 heavy (non-hydrogen) atoms. The van der Waals surface area contributed by atoms with Crippen molar-refractivity contribution < 1.29 is 0 Å². The van der Waals surface area contributed by atoms with Crippen LogP contribution in [0.4, 0.5) is 0 Å². The van der Waals surface area contributed by atoms with Crippen molar-refractivity contribution in [3.8, 4) is 0 Å². The van der Waals surface area contributed by atoms with Crippen molar-refractivity contribution in [1.29, 1.82) is 0 Å². The Morgan fingerprint density at radius 1 is 1.10 bits per heavy atom. The van der Waals surface area contributed by atoms with Crippen LogP contribution in [0, 0.1) is 3.14 Å². The topological polar surface area (TPSA) is 0 Å². The summed E-state index contributed by atoms with van der Waals surface area (Å²) in [6, 6.07) is 0. The minimum Gasteiger partial charge on any atom is -0.174 e. The lowest BCUT2D eigenvalue weighted by molar-refractivity contribution is 1.44. The summed E-state index contributed by atoms with van der Waals surface area (Å²) in [6.45, 7) is 0. The van der Waals surface area contributed by atoms with Crippen molar-refractivity contribution in [3.63, 3.8) is 0 Å². The van der Waals surface area contributed by atoms with E-state index in [9.17, 15) is 0 Å². The number of hydrogen-bond donors (Lipinski definition) is 2. The van der Waals surface area contributed by atoms with Gasteiger partial charge < -0.3 is 0 Å². The summed E-state index contributed by atoms with van der Waals surface area (Å²) in [5.74, 6) is 1.57. The second-order valence-electron chi connectivity index (χ2n) is 1.62. The lowest BCUT2D eigenvalue weighted by Gasteiger charge is -1.90. The van der Waals surface area contributed by atoms with Gasteiger partial charge in [-0.1, -0.05) is 12.2 Å². The normalized spacial score (nSPS) is 10.2. The van der Waals surface area contributed by atoms with Gasteiger partial charge in [0.1, 0.15) is 3.14 Å². The highest BCUT2D eigenvalue weighted by atomic mass is 32.2. The minimum absolute atomic E-state index is 0.785. The van der Waals surface area contributed by atoms with Gasteiger partial charge in [0.15, 0.2) is 0 Å². The fourth-order valence-corrected chi connectivity index (χ4v) is 4.09. The monoisotopic (exact) mass is 226 g/mol. The van der Waals surface area contributed by atoms with E-state index in [0.29, 0.717) is 0 Å². The molecule has 1 rings (SSSR count). The fourth-order valence-electron chi connectivity index (χ4n) is 0.577. The van der Waals surface area contributed by atoms with E-state index in [1.54, 1.807) is 22.7 Å². The van der Waals surface area contributed by atoms with Gasteiger partial charge in [0.2, 0.25) is 0 Å². The van der Waals surface area contributed by atoms with Crippen molar-refractivity contribution >= 4 is 60.1 Å². The Bertz CT molecular complexity index is 233. The van der Waals surface area contributed by atoms with E-state index in [4.69, 9.17) is 12.2 Å². The molecule has 0 unspecified atom stereocenters. The van der Waals surface area contributed by atoms with Crippen molar-refractivity contribution in [1.82, 2.24) is 0 Å². The maximum Gasteiger partial charge on any atom is 0.144 e. The van der Waals surface area contributed by atoms with Crippen molar-refractivity contribution in [2.24, 2.45) is 0 Å². The second kappa shape index (κ2) is 4.11. The zero-order valence-electron chi connectivity index (χ0n) is 5.03. The highest BCUT2D eigenvalue weighted by Crippen LogP contribution is 2.27. The third-order valence-corrected chi connectivity index (χ3v) is 4.81. The molecule has 0 N–H and O–H groups in total. The minimum atomic E-state index is 0.785. The van der Waals surface area contributed by atoms with E-state index in [1.165, 1.54) is 9.75 Å². The van der Waals surface area contributed by atoms with Crippen LogP contribution in [0.2, 0.25) is 0 Å². The molecule has 0 aliphatic heterocycles. The highest BCUT2D eigenvalue weighted by Gasteiger charge is 2.02. The van der Waals surface area contributed by atoms with E-state index in [0.717, 1.165) is 14.6 Å². The summed E-state index contributed by atoms with van der Waals surface area (Å²) in [6.07, 6.45) is 0. The number of hydrogen-bond acceptors (Lipinski definition) is 5. The largest absolute Gasteiger partial charge is 0.174 e. The molecule has 0 spiro atoms.